The molecular formula is C30H36N2O2. The molecule has 3 aromatic carbocycles. The van der Waals surface area contributed by atoms with Gasteiger partial charge in [-0.15, -0.1) is 0 Å². The highest BCUT2D eigenvalue weighted by molar-refractivity contribution is 5.94. The van der Waals surface area contributed by atoms with Crippen LogP contribution in [0.3, 0.4) is 0 Å². The number of aryl methyl sites for hydroxylation is 1. The van der Waals surface area contributed by atoms with Gasteiger partial charge < -0.3 is 15.4 Å². The van der Waals surface area contributed by atoms with Crippen molar-refractivity contribution in [1.82, 2.24) is 10.6 Å². The van der Waals surface area contributed by atoms with Crippen LogP contribution in [0.15, 0.2) is 72.8 Å². The van der Waals surface area contributed by atoms with Crippen molar-refractivity contribution in [2.24, 2.45) is 0 Å². The molecule has 178 valence electrons. The van der Waals surface area contributed by atoms with Crippen molar-refractivity contribution in [3.05, 3.63) is 95.1 Å². The Morgan fingerprint density at radius 2 is 1.76 bits per heavy atom. The molecule has 2 atom stereocenters. The summed E-state index contributed by atoms with van der Waals surface area (Å²) in [7, 11) is 1.66. The van der Waals surface area contributed by atoms with E-state index in [4.69, 9.17) is 4.74 Å². The Morgan fingerprint density at radius 3 is 2.50 bits per heavy atom. The molecular weight excluding hydrogens is 420 g/mol. The first-order valence-corrected chi connectivity index (χ1v) is 12.5. The Hall–Kier alpha value is -2.95. The summed E-state index contributed by atoms with van der Waals surface area (Å²) in [4.78, 5) is 12.8. The summed E-state index contributed by atoms with van der Waals surface area (Å²) in [5.41, 5.74) is 7.37. The summed E-state index contributed by atoms with van der Waals surface area (Å²) in [5.74, 6) is -0.0991. The summed E-state index contributed by atoms with van der Waals surface area (Å²) in [6, 6.07) is 25.3. The molecule has 0 radical (unpaired) electrons. The molecule has 0 saturated carbocycles. The average molecular weight is 457 g/mol. The van der Waals surface area contributed by atoms with Gasteiger partial charge in [0.25, 0.3) is 5.91 Å². The van der Waals surface area contributed by atoms with Crippen molar-refractivity contribution in [3.63, 3.8) is 0 Å². The van der Waals surface area contributed by atoms with Gasteiger partial charge in [-0.2, -0.15) is 0 Å². The van der Waals surface area contributed by atoms with Gasteiger partial charge in [0.1, 0.15) is 6.23 Å². The number of hydrogen-bond donors (Lipinski definition) is 2. The lowest BCUT2D eigenvalue weighted by Gasteiger charge is -2.27. The molecule has 4 rings (SSSR count). The smallest absolute Gasteiger partial charge is 0.253 e. The fraction of sp³-hybridized carbons (Fsp3) is 0.367. The number of likely N-dealkylation sites (N-methyl/N-ethyl adjacent to an activating group) is 1. The molecule has 0 aliphatic heterocycles. The molecule has 0 aromatic heterocycles. The highest BCUT2D eigenvalue weighted by Crippen LogP contribution is 2.26. The van der Waals surface area contributed by atoms with Crippen molar-refractivity contribution in [1.29, 1.82) is 0 Å². The number of amides is 1. The molecule has 34 heavy (non-hydrogen) atoms. The standard InChI is InChI=1S/C30H36N2O2/c1-3-31-27-19-20-28-24(11-7-13-26(28)21-27)12-8-14-29(34-2)32-30(33)25-17-15-23(16-18-25)22-9-5-4-6-10-22/h4-7,9-11,13,15-18,27,29,31H,3,8,12,14,19-21H2,1-2H3,(H,32,33)/t27-,29?/m0/s1. The lowest BCUT2D eigenvalue weighted by atomic mass is 9.84. The average Bonchev–Trinajstić information content (AvgIpc) is 2.88. The van der Waals surface area contributed by atoms with Gasteiger partial charge in [0, 0.05) is 18.7 Å². The summed E-state index contributed by atoms with van der Waals surface area (Å²) < 4.78 is 5.59. The van der Waals surface area contributed by atoms with Crippen molar-refractivity contribution >= 4 is 5.91 Å². The van der Waals surface area contributed by atoms with Crippen LogP contribution in [0, 0.1) is 0 Å². The van der Waals surface area contributed by atoms with E-state index in [2.05, 4.69) is 47.9 Å². The van der Waals surface area contributed by atoms with E-state index >= 15 is 0 Å². The van der Waals surface area contributed by atoms with Gasteiger partial charge in [0.05, 0.1) is 0 Å². The van der Waals surface area contributed by atoms with Gasteiger partial charge in [-0.25, -0.2) is 0 Å². The van der Waals surface area contributed by atoms with Crippen molar-refractivity contribution in [3.8, 4) is 11.1 Å². The highest BCUT2D eigenvalue weighted by atomic mass is 16.5. The van der Waals surface area contributed by atoms with Crippen LogP contribution < -0.4 is 10.6 Å². The third-order valence-electron chi connectivity index (χ3n) is 6.82. The van der Waals surface area contributed by atoms with E-state index in [1.807, 2.05) is 42.5 Å². The van der Waals surface area contributed by atoms with Gasteiger partial charge in [-0.3, -0.25) is 4.79 Å². The molecule has 1 aliphatic carbocycles. The Balaban J connectivity index is 1.30. The second-order valence-electron chi connectivity index (χ2n) is 9.09. The number of carbonyl (C=O) groups excluding carboxylic acids is 1. The predicted octanol–water partition coefficient (Wildman–Crippen LogP) is 5.55. The third kappa shape index (κ3) is 6.13. The van der Waals surface area contributed by atoms with Gasteiger partial charge in [-0.05, 0) is 85.0 Å². The number of benzene rings is 3. The van der Waals surface area contributed by atoms with Crippen LogP contribution in [0.25, 0.3) is 11.1 Å². The Bertz CT molecular complexity index is 1060. The first kappa shape index (κ1) is 24.2. The zero-order valence-corrected chi connectivity index (χ0v) is 20.3. The van der Waals surface area contributed by atoms with Gasteiger partial charge in [0.2, 0.25) is 0 Å². The van der Waals surface area contributed by atoms with Crippen molar-refractivity contribution in [2.75, 3.05) is 13.7 Å². The Labute approximate surface area is 203 Å². The molecule has 0 fully saturated rings. The fourth-order valence-corrected chi connectivity index (χ4v) is 4.98. The highest BCUT2D eigenvalue weighted by Gasteiger charge is 2.20. The quantitative estimate of drug-likeness (QED) is 0.394. The minimum absolute atomic E-state index is 0.0991. The largest absolute Gasteiger partial charge is 0.362 e. The summed E-state index contributed by atoms with van der Waals surface area (Å²) in [6.45, 7) is 3.21. The van der Waals surface area contributed by atoms with Crippen molar-refractivity contribution in [2.45, 2.75) is 57.7 Å². The zero-order valence-electron chi connectivity index (χ0n) is 20.3. The summed E-state index contributed by atoms with van der Waals surface area (Å²) in [5, 5.41) is 6.64. The molecule has 2 N–H and O–H groups in total. The van der Waals surface area contributed by atoms with Crippen LogP contribution >= 0.6 is 0 Å². The SMILES string of the molecule is CCN[C@H]1CCc2c(CCCC(NC(=O)c3ccc(-c4ccccc4)cc3)OC)cccc2C1. The number of ether oxygens (including phenoxy) is 1. The minimum Gasteiger partial charge on any atom is -0.362 e. The second kappa shape index (κ2) is 12.0. The first-order valence-electron chi connectivity index (χ1n) is 12.5. The minimum atomic E-state index is -0.293. The van der Waals surface area contributed by atoms with Crippen LogP contribution in [-0.2, 0) is 24.0 Å². The molecule has 4 heteroatoms. The number of nitrogens with one attached hydrogen (secondary N) is 2. The predicted molar refractivity (Wildman–Crippen MR) is 139 cm³/mol. The lowest BCUT2D eigenvalue weighted by Crippen LogP contribution is -2.36. The van der Waals surface area contributed by atoms with E-state index in [9.17, 15) is 4.79 Å². The maximum Gasteiger partial charge on any atom is 0.253 e. The first-order chi connectivity index (χ1) is 16.7. The molecule has 1 amide bonds. The maximum absolute atomic E-state index is 12.8. The second-order valence-corrected chi connectivity index (χ2v) is 9.09. The van der Waals surface area contributed by atoms with Crippen LogP contribution in [0.2, 0.25) is 0 Å². The van der Waals surface area contributed by atoms with E-state index in [1.54, 1.807) is 7.11 Å². The van der Waals surface area contributed by atoms with Gasteiger partial charge in [-0.1, -0.05) is 67.6 Å². The number of hydrogen-bond acceptors (Lipinski definition) is 3. The monoisotopic (exact) mass is 456 g/mol. The van der Waals surface area contributed by atoms with E-state index in [-0.39, 0.29) is 12.1 Å². The van der Waals surface area contributed by atoms with Crippen LogP contribution in [0.4, 0.5) is 0 Å². The third-order valence-corrected chi connectivity index (χ3v) is 6.82. The fourth-order valence-electron chi connectivity index (χ4n) is 4.98. The molecule has 0 heterocycles. The van der Waals surface area contributed by atoms with Crippen LogP contribution in [0.5, 0.6) is 0 Å². The molecule has 0 spiro atoms. The molecule has 3 aromatic rings. The van der Waals surface area contributed by atoms with Gasteiger partial charge in [0.15, 0.2) is 0 Å². The number of fused-ring (bicyclic) bond motifs is 1. The topological polar surface area (TPSA) is 50.4 Å². The zero-order chi connectivity index (χ0) is 23.8. The van der Waals surface area contributed by atoms with E-state index < -0.39 is 0 Å². The lowest BCUT2D eigenvalue weighted by molar-refractivity contribution is 0.0530. The molecule has 4 nitrogen and oxygen atoms in total. The normalized spacial score (nSPS) is 16.0. The number of rotatable bonds is 10. The molecule has 0 bridgehead atoms. The van der Waals surface area contributed by atoms with Crippen molar-refractivity contribution < 1.29 is 9.53 Å². The summed E-state index contributed by atoms with van der Waals surface area (Å²) in [6.07, 6.45) is 5.95. The Kier molecular flexibility index (Phi) is 8.51. The van der Waals surface area contributed by atoms with Crippen LogP contribution in [-0.4, -0.2) is 31.8 Å². The van der Waals surface area contributed by atoms with E-state index in [0.29, 0.717) is 11.6 Å². The number of carbonyl (C=O) groups is 1. The van der Waals surface area contributed by atoms with Crippen LogP contribution in [0.1, 0.15) is 53.2 Å². The molecule has 0 saturated heterocycles. The van der Waals surface area contributed by atoms with E-state index in [0.717, 1.165) is 49.8 Å². The molecule has 1 aliphatic rings. The Morgan fingerprint density at radius 1 is 1.00 bits per heavy atom. The maximum atomic E-state index is 12.8. The van der Waals surface area contributed by atoms with Gasteiger partial charge >= 0.3 is 0 Å². The van der Waals surface area contributed by atoms with E-state index in [1.165, 1.54) is 23.1 Å². The summed E-state index contributed by atoms with van der Waals surface area (Å²) >= 11 is 0. The molecule has 1 unspecified atom stereocenters. The number of methoxy groups -OCH3 is 1.